The Labute approximate surface area is 117 Å². The quantitative estimate of drug-likeness (QED) is 0.729. The van der Waals surface area contributed by atoms with Gasteiger partial charge in [0.1, 0.15) is 0 Å². The fourth-order valence-electron chi connectivity index (χ4n) is 2.97. The molecule has 0 amide bonds. The lowest BCUT2D eigenvalue weighted by atomic mass is 9.80. The fourth-order valence-corrected chi connectivity index (χ4v) is 2.97. The minimum Gasteiger partial charge on any atom is -0.204 e. The summed E-state index contributed by atoms with van der Waals surface area (Å²) in [5.74, 6) is -1.02. The molecule has 0 heterocycles. The van der Waals surface area contributed by atoms with Crippen LogP contribution in [0.5, 0.6) is 0 Å². The van der Waals surface area contributed by atoms with Crippen LogP contribution in [0.15, 0.2) is 43.0 Å². The summed E-state index contributed by atoms with van der Waals surface area (Å²) in [6, 6.07) is 11.3. The van der Waals surface area contributed by atoms with Gasteiger partial charge in [-0.25, -0.2) is 8.78 Å². The Kier molecular flexibility index (Phi) is 3.39. The van der Waals surface area contributed by atoms with Gasteiger partial charge < -0.3 is 0 Å². The number of hydrogen-bond acceptors (Lipinski definition) is 0. The number of hydrogen-bond donors (Lipinski definition) is 0. The first-order valence-electron chi connectivity index (χ1n) is 6.87. The van der Waals surface area contributed by atoms with Crippen LogP contribution >= 0.6 is 0 Å². The van der Waals surface area contributed by atoms with Crippen LogP contribution in [0, 0.1) is 11.6 Å². The smallest absolute Gasteiger partial charge is 0.162 e. The predicted molar refractivity (Wildman–Crippen MR) is 77.7 cm³/mol. The maximum absolute atomic E-state index is 13.7. The molecule has 0 nitrogen and oxygen atoms in total. The lowest BCUT2D eigenvalue weighted by molar-refractivity contribution is 0.478. The summed E-state index contributed by atoms with van der Waals surface area (Å²) in [5, 5.41) is 0. The highest BCUT2D eigenvalue weighted by molar-refractivity contribution is 5.48. The van der Waals surface area contributed by atoms with Crippen molar-refractivity contribution in [2.75, 3.05) is 0 Å². The van der Waals surface area contributed by atoms with Crippen LogP contribution in [0.3, 0.4) is 0 Å². The Morgan fingerprint density at radius 2 is 1.80 bits per heavy atom. The first kappa shape index (κ1) is 13.0. The highest BCUT2D eigenvalue weighted by Gasteiger charge is 2.23. The molecule has 0 saturated heterocycles. The van der Waals surface area contributed by atoms with E-state index in [4.69, 9.17) is 0 Å². The van der Waals surface area contributed by atoms with E-state index in [0.29, 0.717) is 17.9 Å². The summed E-state index contributed by atoms with van der Waals surface area (Å²) in [6.45, 7) is 3.74. The molecule has 0 radical (unpaired) electrons. The van der Waals surface area contributed by atoms with Crippen molar-refractivity contribution in [1.29, 1.82) is 0 Å². The molecule has 20 heavy (non-hydrogen) atoms. The maximum Gasteiger partial charge on any atom is 0.162 e. The van der Waals surface area contributed by atoms with Crippen molar-refractivity contribution >= 4 is 6.08 Å². The highest BCUT2D eigenvalue weighted by Crippen LogP contribution is 2.34. The molecule has 102 valence electrons. The molecule has 1 aliphatic carbocycles. The SMILES string of the molecule is C=Cc1ccc(C2CCc3c(ccc(F)c3F)C2)cc1. The summed E-state index contributed by atoms with van der Waals surface area (Å²) in [5.41, 5.74) is 3.85. The zero-order chi connectivity index (χ0) is 14.1. The first-order chi connectivity index (χ1) is 9.69. The molecular weight excluding hydrogens is 254 g/mol. The second-order valence-corrected chi connectivity index (χ2v) is 5.31. The van der Waals surface area contributed by atoms with E-state index < -0.39 is 11.6 Å². The third-order valence-electron chi connectivity index (χ3n) is 4.15. The molecule has 0 spiro atoms. The fraction of sp³-hybridized carbons (Fsp3) is 0.222. The molecule has 2 heteroatoms. The Bertz CT molecular complexity index is 641. The Morgan fingerprint density at radius 3 is 2.50 bits per heavy atom. The molecule has 0 aromatic heterocycles. The summed E-state index contributed by atoms with van der Waals surface area (Å²) in [7, 11) is 0. The van der Waals surface area contributed by atoms with Crippen molar-refractivity contribution in [2.45, 2.75) is 25.2 Å². The molecule has 2 aromatic carbocycles. The Morgan fingerprint density at radius 1 is 1.05 bits per heavy atom. The number of rotatable bonds is 2. The lowest BCUT2D eigenvalue weighted by Gasteiger charge is -2.25. The molecular formula is C18H16F2. The topological polar surface area (TPSA) is 0 Å². The zero-order valence-corrected chi connectivity index (χ0v) is 11.2. The van der Waals surface area contributed by atoms with Gasteiger partial charge in [0.05, 0.1) is 0 Å². The van der Waals surface area contributed by atoms with E-state index in [1.807, 2.05) is 18.2 Å². The standard InChI is InChI=1S/C18H16F2/c1-2-12-3-5-13(6-4-12)14-7-9-16-15(11-14)8-10-17(19)18(16)20/h2-6,8,10,14H,1,7,9,11H2. The molecule has 0 bridgehead atoms. The zero-order valence-electron chi connectivity index (χ0n) is 11.2. The molecule has 0 saturated carbocycles. The van der Waals surface area contributed by atoms with Crippen LogP contribution in [-0.4, -0.2) is 0 Å². The molecule has 2 aromatic rings. The van der Waals surface area contributed by atoms with E-state index in [2.05, 4.69) is 18.7 Å². The Balaban J connectivity index is 1.88. The van der Waals surface area contributed by atoms with Gasteiger partial charge in [0.25, 0.3) is 0 Å². The van der Waals surface area contributed by atoms with Crippen molar-refractivity contribution in [3.63, 3.8) is 0 Å². The number of benzene rings is 2. The van der Waals surface area contributed by atoms with Crippen LogP contribution in [0.1, 0.15) is 34.6 Å². The largest absolute Gasteiger partial charge is 0.204 e. The van der Waals surface area contributed by atoms with Gasteiger partial charge >= 0.3 is 0 Å². The molecule has 1 unspecified atom stereocenters. The van der Waals surface area contributed by atoms with Gasteiger partial charge in [-0.2, -0.15) is 0 Å². The Hall–Kier alpha value is -1.96. The van der Waals surface area contributed by atoms with Gasteiger partial charge in [-0.05, 0) is 53.5 Å². The number of fused-ring (bicyclic) bond motifs is 1. The van der Waals surface area contributed by atoms with E-state index in [-0.39, 0.29) is 0 Å². The van der Waals surface area contributed by atoms with Crippen molar-refractivity contribution in [3.8, 4) is 0 Å². The molecule has 0 N–H and O–H groups in total. The van der Waals surface area contributed by atoms with E-state index in [9.17, 15) is 8.78 Å². The van der Waals surface area contributed by atoms with Crippen molar-refractivity contribution in [3.05, 3.63) is 76.9 Å². The lowest BCUT2D eigenvalue weighted by Crippen LogP contribution is -2.15. The molecule has 1 atom stereocenters. The summed E-state index contributed by atoms with van der Waals surface area (Å²) in [6.07, 6.45) is 4.06. The first-order valence-corrected chi connectivity index (χ1v) is 6.87. The summed E-state index contributed by atoms with van der Waals surface area (Å²) < 4.78 is 27.0. The minimum absolute atomic E-state index is 0.381. The van der Waals surface area contributed by atoms with Crippen molar-refractivity contribution in [2.24, 2.45) is 0 Å². The van der Waals surface area contributed by atoms with E-state index in [1.54, 1.807) is 6.07 Å². The molecule has 0 aliphatic heterocycles. The maximum atomic E-state index is 13.7. The second kappa shape index (κ2) is 5.20. The van der Waals surface area contributed by atoms with Gasteiger partial charge in [-0.1, -0.05) is 43.0 Å². The summed E-state index contributed by atoms with van der Waals surface area (Å²) in [4.78, 5) is 0. The molecule has 1 aliphatic rings. The van der Waals surface area contributed by atoms with Crippen LogP contribution in [0.4, 0.5) is 8.78 Å². The van der Waals surface area contributed by atoms with E-state index >= 15 is 0 Å². The van der Waals surface area contributed by atoms with Gasteiger partial charge in [-0.15, -0.1) is 0 Å². The predicted octanol–water partition coefficient (Wildman–Crippen LogP) is 4.88. The monoisotopic (exact) mass is 270 g/mol. The van der Waals surface area contributed by atoms with Crippen LogP contribution < -0.4 is 0 Å². The van der Waals surface area contributed by atoms with Crippen molar-refractivity contribution in [1.82, 2.24) is 0 Å². The normalized spacial score (nSPS) is 17.6. The van der Waals surface area contributed by atoms with Crippen LogP contribution in [0.25, 0.3) is 6.08 Å². The average Bonchev–Trinajstić information content (AvgIpc) is 2.51. The molecule has 3 rings (SSSR count). The average molecular weight is 270 g/mol. The van der Waals surface area contributed by atoms with E-state index in [0.717, 1.165) is 24.0 Å². The van der Waals surface area contributed by atoms with Gasteiger partial charge in [0.2, 0.25) is 0 Å². The second-order valence-electron chi connectivity index (χ2n) is 5.31. The van der Waals surface area contributed by atoms with Crippen molar-refractivity contribution < 1.29 is 8.78 Å². The summed E-state index contributed by atoms with van der Waals surface area (Å²) >= 11 is 0. The van der Waals surface area contributed by atoms with Gasteiger partial charge in [-0.3, -0.25) is 0 Å². The van der Waals surface area contributed by atoms with E-state index in [1.165, 1.54) is 11.6 Å². The number of halogens is 2. The third-order valence-corrected chi connectivity index (χ3v) is 4.15. The third kappa shape index (κ3) is 2.26. The highest BCUT2D eigenvalue weighted by atomic mass is 19.2. The minimum atomic E-state index is -0.738. The van der Waals surface area contributed by atoms with Gasteiger partial charge in [0.15, 0.2) is 11.6 Å². The molecule has 0 fully saturated rings. The van der Waals surface area contributed by atoms with Gasteiger partial charge in [0, 0.05) is 0 Å². The van der Waals surface area contributed by atoms with Crippen LogP contribution in [0.2, 0.25) is 0 Å². The van der Waals surface area contributed by atoms with Crippen LogP contribution in [-0.2, 0) is 12.8 Å².